The average molecular weight is 997 g/mol. The molecule has 11 rings (SSSR count). The van der Waals surface area contributed by atoms with Crippen molar-refractivity contribution in [2.24, 2.45) is 0 Å². The monoisotopic (exact) mass is 997 g/mol. The van der Waals surface area contributed by atoms with Gasteiger partial charge in [-0.3, -0.25) is 4.57 Å². The minimum Gasteiger partial charge on any atom is -0.457 e. The van der Waals surface area contributed by atoms with Crippen LogP contribution in [0.1, 0.15) is 128 Å². The smallest absolute Gasteiger partial charge is 0.137 e. The molecule has 5 nitrogen and oxygen atoms in total. The lowest BCUT2D eigenvalue weighted by Gasteiger charge is -2.33. The largest absolute Gasteiger partial charge is 0.457 e. The van der Waals surface area contributed by atoms with Crippen LogP contribution in [0.15, 0.2) is 206 Å². The molecule has 382 valence electrons. The maximum absolute atomic E-state index is 7.12. The Morgan fingerprint density at radius 3 is 1.46 bits per heavy atom. The molecule has 76 heavy (non-hydrogen) atoms. The summed E-state index contributed by atoms with van der Waals surface area (Å²) in [5.74, 6) is 2.45. The van der Waals surface area contributed by atoms with Gasteiger partial charge in [-0.2, -0.15) is 0 Å². The lowest BCUT2D eigenvalue weighted by molar-refractivity contribution is 0.479. The van der Waals surface area contributed by atoms with Crippen LogP contribution in [0.3, 0.4) is 0 Å². The maximum Gasteiger partial charge on any atom is 0.137 e. The lowest BCUT2D eigenvalue weighted by atomic mass is 9.73. The van der Waals surface area contributed by atoms with E-state index in [0.29, 0.717) is 6.67 Å². The summed E-state index contributed by atoms with van der Waals surface area (Å²) in [7, 11) is 0. The van der Waals surface area contributed by atoms with Gasteiger partial charge in [0.15, 0.2) is 0 Å². The first-order chi connectivity index (χ1) is 36.2. The third-order valence-corrected chi connectivity index (χ3v) is 16.5. The van der Waals surface area contributed by atoms with Crippen molar-refractivity contribution in [3.05, 3.63) is 251 Å². The van der Waals surface area contributed by atoms with Crippen molar-refractivity contribution < 1.29 is 4.74 Å². The summed E-state index contributed by atoms with van der Waals surface area (Å²) in [5.41, 5.74) is 15.8. The van der Waals surface area contributed by atoms with Gasteiger partial charge in [-0.25, -0.2) is 4.98 Å². The van der Waals surface area contributed by atoms with Crippen LogP contribution in [0.25, 0.3) is 27.6 Å². The summed E-state index contributed by atoms with van der Waals surface area (Å²) < 4.78 is 9.40. The average Bonchev–Trinajstić information content (AvgIpc) is 4.02. The zero-order valence-electron chi connectivity index (χ0n) is 46.5. The van der Waals surface area contributed by atoms with Crippen LogP contribution < -0.4 is 14.5 Å². The van der Waals surface area contributed by atoms with Gasteiger partial charge in [-0.1, -0.05) is 204 Å². The van der Waals surface area contributed by atoms with E-state index < -0.39 is 0 Å². The minimum atomic E-state index is -0.282. The molecule has 3 heterocycles. The van der Waals surface area contributed by atoms with E-state index in [1.807, 2.05) is 6.20 Å². The molecule has 0 saturated heterocycles. The Morgan fingerprint density at radius 1 is 0.355 bits per heavy atom. The van der Waals surface area contributed by atoms with E-state index in [2.05, 4.69) is 298 Å². The molecule has 0 saturated carbocycles. The van der Waals surface area contributed by atoms with Crippen LogP contribution in [0.2, 0.25) is 0 Å². The van der Waals surface area contributed by atoms with Crippen molar-refractivity contribution in [1.29, 1.82) is 0 Å². The number of benzene rings is 8. The third kappa shape index (κ3) is 9.14. The van der Waals surface area contributed by atoms with Crippen molar-refractivity contribution in [1.82, 2.24) is 9.55 Å². The van der Waals surface area contributed by atoms with Crippen LogP contribution in [0, 0.1) is 0 Å². The van der Waals surface area contributed by atoms with Crippen LogP contribution in [-0.2, 0) is 27.1 Å². The van der Waals surface area contributed by atoms with Crippen LogP contribution in [0.4, 0.5) is 22.7 Å². The Hall–Kier alpha value is -7.89. The highest BCUT2D eigenvalue weighted by atomic mass is 16.5. The molecule has 10 aromatic rings. The van der Waals surface area contributed by atoms with E-state index in [4.69, 9.17) is 9.72 Å². The normalized spacial score (nSPS) is 13.4. The summed E-state index contributed by atoms with van der Waals surface area (Å²) >= 11 is 0. The first-order valence-corrected chi connectivity index (χ1v) is 27.0. The van der Waals surface area contributed by atoms with Gasteiger partial charge in [-0.15, -0.1) is 0 Å². The third-order valence-electron chi connectivity index (χ3n) is 16.5. The molecule has 8 aromatic carbocycles. The van der Waals surface area contributed by atoms with E-state index in [0.717, 1.165) is 50.8 Å². The Bertz CT molecular complexity index is 3690. The zero-order valence-corrected chi connectivity index (χ0v) is 46.5. The molecular formula is C71H72N4O. The quantitative estimate of drug-likeness (QED) is 0.129. The summed E-state index contributed by atoms with van der Waals surface area (Å²) in [6.07, 6.45) is 1.94. The molecule has 1 aliphatic heterocycles. The van der Waals surface area contributed by atoms with Gasteiger partial charge >= 0.3 is 0 Å². The highest BCUT2D eigenvalue weighted by Gasteiger charge is 2.36. The van der Waals surface area contributed by atoms with Crippen molar-refractivity contribution in [2.75, 3.05) is 16.5 Å². The number of anilines is 4. The number of hydrogen-bond acceptors (Lipinski definition) is 4. The van der Waals surface area contributed by atoms with Crippen LogP contribution >= 0.6 is 0 Å². The molecule has 2 aromatic heterocycles. The number of nitrogens with zero attached hydrogens (tertiary/aromatic N) is 4. The van der Waals surface area contributed by atoms with E-state index >= 15 is 0 Å². The van der Waals surface area contributed by atoms with Crippen molar-refractivity contribution in [2.45, 2.75) is 110 Å². The summed E-state index contributed by atoms with van der Waals surface area (Å²) in [6, 6.07) is 73.6. The molecule has 0 fully saturated rings. The number of pyridine rings is 1. The number of rotatable bonds is 11. The standard InChI is InChI=1S/C71H72N4O/c1-67(2,3)51-36-37-72-66(44-51)75-62-31-23-22-30-60(62)61-34-33-58(46-64(61)75)76-59-42-53(68(4,5)6)39-57(45-59)73-47-74(65-43-52(32-35-63(65)73)69(7,8)48-24-16-13-17-25-48)56-40-54(70(9,10)49-26-18-14-19-27-49)38-55(41-56)71(11,12)50-28-20-15-21-29-50/h13-46H,47H2,1-12H3. The van der Waals surface area contributed by atoms with Gasteiger partial charge in [-0.05, 0) is 122 Å². The zero-order chi connectivity index (χ0) is 53.4. The van der Waals surface area contributed by atoms with Gasteiger partial charge in [0.2, 0.25) is 0 Å². The molecule has 0 bridgehead atoms. The topological polar surface area (TPSA) is 33.5 Å². The number of ether oxygens (including phenoxy) is 1. The van der Waals surface area contributed by atoms with Crippen molar-refractivity contribution in [3.63, 3.8) is 0 Å². The fourth-order valence-corrected chi connectivity index (χ4v) is 11.3. The Balaban J connectivity index is 1.06. The second-order valence-corrected chi connectivity index (χ2v) is 24.7. The highest BCUT2D eigenvalue weighted by Crippen LogP contribution is 2.50. The summed E-state index contributed by atoms with van der Waals surface area (Å²) in [5, 5.41) is 2.34. The molecule has 1 aliphatic rings. The molecule has 0 amide bonds. The Labute approximate surface area is 451 Å². The number of aromatic nitrogens is 2. The molecule has 5 heteroatoms. The lowest BCUT2D eigenvalue weighted by Crippen LogP contribution is -2.27. The molecule has 0 radical (unpaired) electrons. The summed E-state index contributed by atoms with van der Waals surface area (Å²) in [4.78, 5) is 10.00. The van der Waals surface area contributed by atoms with Crippen molar-refractivity contribution in [3.8, 4) is 17.3 Å². The van der Waals surface area contributed by atoms with Gasteiger partial charge in [0, 0.05) is 56.7 Å². The molecule has 0 spiro atoms. The van der Waals surface area contributed by atoms with Crippen LogP contribution in [-0.4, -0.2) is 16.2 Å². The molecule has 0 unspecified atom stereocenters. The van der Waals surface area contributed by atoms with E-state index in [-0.39, 0.29) is 27.1 Å². The molecule has 0 atom stereocenters. The maximum atomic E-state index is 7.12. The van der Waals surface area contributed by atoms with Gasteiger partial charge in [0.25, 0.3) is 0 Å². The van der Waals surface area contributed by atoms with E-state index in [1.54, 1.807) is 0 Å². The van der Waals surface area contributed by atoms with Crippen molar-refractivity contribution >= 4 is 44.6 Å². The first-order valence-electron chi connectivity index (χ1n) is 27.0. The van der Waals surface area contributed by atoms with Gasteiger partial charge < -0.3 is 14.5 Å². The minimum absolute atomic E-state index is 0.0278. The number of para-hydroxylation sites is 1. The SMILES string of the molecule is CC(C)(C)c1cc(Oc2ccc3c4ccccc4n(-c4cc(C(C)(C)C)ccn4)c3c2)cc(N2CN(c3cc(C(C)(C)c4ccccc4)cc(C(C)(C)c4ccccc4)c3)c3cc(C(C)(C)c4ccccc4)ccc32)c1. The fourth-order valence-electron chi connectivity index (χ4n) is 11.3. The second kappa shape index (κ2) is 18.7. The fraction of sp³-hybridized carbons (Fsp3) is 0.254. The van der Waals surface area contributed by atoms with E-state index in [9.17, 15) is 0 Å². The van der Waals surface area contributed by atoms with Gasteiger partial charge in [0.1, 0.15) is 24.0 Å². The second-order valence-electron chi connectivity index (χ2n) is 24.7. The predicted molar refractivity (Wildman–Crippen MR) is 320 cm³/mol. The number of hydrogen-bond donors (Lipinski definition) is 0. The van der Waals surface area contributed by atoms with Gasteiger partial charge in [0.05, 0.1) is 22.4 Å². The molecular weight excluding hydrogens is 925 g/mol. The highest BCUT2D eigenvalue weighted by molar-refractivity contribution is 6.09. The molecule has 0 N–H and O–H groups in total. The Morgan fingerprint density at radius 2 is 0.868 bits per heavy atom. The predicted octanol–water partition coefficient (Wildman–Crippen LogP) is 18.8. The molecule has 0 aliphatic carbocycles. The first kappa shape index (κ1) is 50.3. The van der Waals surface area contributed by atoms with Crippen LogP contribution in [0.5, 0.6) is 11.5 Å². The Kier molecular flexibility index (Phi) is 12.4. The number of fused-ring (bicyclic) bond motifs is 4. The summed E-state index contributed by atoms with van der Waals surface area (Å²) in [6.45, 7) is 28.4. The van der Waals surface area contributed by atoms with E-state index in [1.165, 1.54) is 55.6 Å².